The minimum absolute atomic E-state index is 0.114. The molecule has 0 aromatic carbocycles. The van der Waals surface area contributed by atoms with Crippen LogP contribution >= 0.6 is 0 Å². The summed E-state index contributed by atoms with van der Waals surface area (Å²) in [6.07, 6.45) is 2.74. The summed E-state index contributed by atoms with van der Waals surface area (Å²) in [5.74, 6) is 1.07. The molecular formula is C14H21N5. The van der Waals surface area contributed by atoms with Crippen molar-refractivity contribution in [3.63, 3.8) is 0 Å². The van der Waals surface area contributed by atoms with Gasteiger partial charge in [0.15, 0.2) is 0 Å². The maximum Gasteiger partial charge on any atom is 0.129 e. The normalized spacial score (nSPS) is 20.6. The first kappa shape index (κ1) is 12.4. The van der Waals surface area contributed by atoms with Crippen molar-refractivity contribution in [1.29, 1.82) is 5.41 Å². The Labute approximate surface area is 113 Å². The zero-order chi connectivity index (χ0) is 13.4. The van der Waals surface area contributed by atoms with E-state index in [0.717, 1.165) is 49.3 Å². The molecule has 5 heteroatoms. The molecule has 1 aliphatic carbocycles. The van der Waals surface area contributed by atoms with Crippen molar-refractivity contribution >= 4 is 11.7 Å². The molecule has 0 amide bonds. The first-order chi connectivity index (χ1) is 9.13. The monoisotopic (exact) mass is 259 g/mol. The van der Waals surface area contributed by atoms with Crippen molar-refractivity contribution < 1.29 is 0 Å². The molecule has 5 nitrogen and oxygen atoms in total. The minimum Gasteiger partial charge on any atom is -0.384 e. The summed E-state index contributed by atoms with van der Waals surface area (Å²) >= 11 is 0. The largest absolute Gasteiger partial charge is 0.384 e. The lowest BCUT2D eigenvalue weighted by molar-refractivity contribution is 0.247. The Balaban J connectivity index is 1.73. The van der Waals surface area contributed by atoms with Crippen LogP contribution in [-0.2, 0) is 0 Å². The van der Waals surface area contributed by atoms with Crippen LogP contribution < -0.4 is 10.6 Å². The predicted octanol–water partition coefficient (Wildman–Crippen LogP) is 0.958. The second-order valence-electron chi connectivity index (χ2n) is 5.52. The molecule has 0 radical (unpaired) electrons. The van der Waals surface area contributed by atoms with E-state index in [4.69, 9.17) is 11.1 Å². The van der Waals surface area contributed by atoms with Gasteiger partial charge in [0, 0.05) is 43.5 Å². The maximum absolute atomic E-state index is 7.56. The molecule has 1 saturated carbocycles. The van der Waals surface area contributed by atoms with Crippen LogP contribution in [0.4, 0.5) is 5.82 Å². The molecule has 1 saturated heterocycles. The second kappa shape index (κ2) is 4.81. The lowest BCUT2D eigenvalue weighted by Gasteiger charge is -2.35. The van der Waals surface area contributed by atoms with E-state index in [1.54, 1.807) is 0 Å². The molecule has 2 heterocycles. The number of hydrogen-bond acceptors (Lipinski definition) is 4. The Hall–Kier alpha value is -1.62. The highest BCUT2D eigenvalue weighted by Gasteiger charge is 2.31. The van der Waals surface area contributed by atoms with E-state index in [1.807, 2.05) is 19.1 Å². The average molecular weight is 259 g/mol. The van der Waals surface area contributed by atoms with E-state index in [2.05, 4.69) is 14.8 Å². The van der Waals surface area contributed by atoms with Gasteiger partial charge in [-0.2, -0.15) is 0 Å². The summed E-state index contributed by atoms with van der Waals surface area (Å²) in [6.45, 7) is 6.23. The van der Waals surface area contributed by atoms with Gasteiger partial charge in [0.25, 0.3) is 0 Å². The van der Waals surface area contributed by atoms with Gasteiger partial charge in [-0.05, 0) is 31.9 Å². The van der Waals surface area contributed by atoms with Crippen LogP contribution in [0.25, 0.3) is 0 Å². The Kier molecular flexibility index (Phi) is 3.14. The van der Waals surface area contributed by atoms with Gasteiger partial charge in [-0.25, -0.2) is 4.98 Å². The summed E-state index contributed by atoms with van der Waals surface area (Å²) in [7, 11) is 0. The number of nitrogens with two attached hydrogens (primary N) is 1. The molecule has 0 unspecified atom stereocenters. The number of aromatic nitrogens is 1. The van der Waals surface area contributed by atoms with Gasteiger partial charge in [-0.1, -0.05) is 0 Å². The number of aryl methyl sites for hydroxylation is 1. The van der Waals surface area contributed by atoms with Crippen molar-refractivity contribution in [2.45, 2.75) is 25.8 Å². The summed E-state index contributed by atoms with van der Waals surface area (Å²) in [5, 5.41) is 7.56. The quantitative estimate of drug-likeness (QED) is 0.626. The molecule has 1 aromatic heterocycles. The lowest BCUT2D eigenvalue weighted by atomic mass is 10.2. The van der Waals surface area contributed by atoms with Crippen molar-refractivity contribution in [3.05, 3.63) is 23.4 Å². The lowest BCUT2D eigenvalue weighted by Crippen LogP contribution is -2.47. The molecule has 102 valence electrons. The van der Waals surface area contributed by atoms with Crippen LogP contribution in [0.15, 0.2) is 12.1 Å². The van der Waals surface area contributed by atoms with Crippen LogP contribution in [0.2, 0.25) is 0 Å². The SMILES string of the molecule is Cc1cc(C(=N)N)cc(N2CCN(C3CC3)CC2)n1. The highest BCUT2D eigenvalue weighted by atomic mass is 15.3. The summed E-state index contributed by atoms with van der Waals surface area (Å²) in [4.78, 5) is 9.47. The molecule has 1 aliphatic heterocycles. The maximum atomic E-state index is 7.56. The van der Waals surface area contributed by atoms with Crippen LogP contribution in [0.1, 0.15) is 24.1 Å². The number of hydrogen-bond donors (Lipinski definition) is 2. The van der Waals surface area contributed by atoms with Crippen molar-refractivity contribution in [2.24, 2.45) is 5.73 Å². The van der Waals surface area contributed by atoms with Crippen molar-refractivity contribution in [1.82, 2.24) is 9.88 Å². The van der Waals surface area contributed by atoms with Crippen LogP contribution in [0, 0.1) is 12.3 Å². The van der Waals surface area contributed by atoms with E-state index in [9.17, 15) is 0 Å². The van der Waals surface area contributed by atoms with Gasteiger partial charge in [0.05, 0.1) is 0 Å². The summed E-state index contributed by atoms with van der Waals surface area (Å²) in [6, 6.07) is 4.65. The van der Waals surface area contributed by atoms with Gasteiger partial charge in [0.1, 0.15) is 11.7 Å². The topological polar surface area (TPSA) is 69.2 Å². The third kappa shape index (κ3) is 2.71. The smallest absolute Gasteiger partial charge is 0.129 e. The fourth-order valence-corrected chi connectivity index (χ4v) is 2.72. The number of anilines is 1. The summed E-state index contributed by atoms with van der Waals surface area (Å²) in [5.41, 5.74) is 7.27. The van der Waals surface area contributed by atoms with E-state index >= 15 is 0 Å². The standard InChI is InChI=1S/C14H21N5/c1-10-8-11(14(15)16)9-13(17-10)19-6-4-18(5-7-19)12-2-3-12/h8-9,12H,2-7H2,1H3,(H3,15,16). The first-order valence-corrected chi connectivity index (χ1v) is 6.95. The Bertz CT molecular complexity index is 487. The average Bonchev–Trinajstić information content (AvgIpc) is 3.22. The van der Waals surface area contributed by atoms with Gasteiger partial charge < -0.3 is 10.6 Å². The number of nitrogens with one attached hydrogen (secondary N) is 1. The number of amidine groups is 1. The Morgan fingerprint density at radius 3 is 2.53 bits per heavy atom. The third-order valence-corrected chi connectivity index (χ3v) is 3.95. The van der Waals surface area contributed by atoms with E-state index < -0.39 is 0 Å². The molecule has 0 spiro atoms. The number of rotatable bonds is 3. The fourth-order valence-electron chi connectivity index (χ4n) is 2.72. The molecule has 3 N–H and O–H groups in total. The van der Waals surface area contributed by atoms with E-state index in [1.165, 1.54) is 12.8 Å². The van der Waals surface area contributed by atoms with Gasteiger partial charge >= 0.3 is 0 Å². The third-order valence-electron chi connectivity index (χ3n) is 3.95. The Morgan fingerprint density at radius 2 is 1.95 bits per heavy atom. The zero-order valence-electron chi connectivity index (χ0n) is 11.4. The molecule has 2 aliphatic rings. The molecular weight excluding hydrogens is 238 g/mol. The number of pyridine rings is 1. The molecule has 0 bridgehead atoms. The van der Waals surface area contributed by atoms with Gasteiger partial charge in [-0.3, -0.25) is 10.3 Å². The molecule has 0 atom stereocenters. The Morgan fingerprint density at radius 1 is 1.26 bits per heavy atom. The van der Waals surface area contributed by atoms with E-state index in [-0.39, 0.29) is 5.84 Å². The van der Waals surface area contributed by atoms with Crippen molar-refractivity contribution in [2.75, 3.05) is 31.1 Å². The molecule has 2 fully saturated rings. The van der Waals surface area contributed by atoms with Crippen molar-refractivity contribution in [3.8, 4) is 0 Å². The van der Waals surface area contributed by atoms with Gasteiger partial charge in [-0.15, -0.1) is 0 Å². The van der Waals surface area contributed by atoms with Gasteiger partial charge in [0.2, 0.25) is 0 Å². The van der Waals surface area contributed by atoms with Crippen LogP contribution in [0.5, 0.6) is 0 Å². The summed E-state index contributed by atoms with van der Waals surface area (Å²) < 4.78 is 0. The second-order valence-corrected chi connectivity index (χ2v) is 5.52. The van der Waals surface area contributed by atoms with Crippen LogP contribution in [0.3, 0.4) is 0 Å². The molecule has 3 rings (SSSR count). The minimum atomic E-state index is 0.114. The highest BCUT2D eigenvalue weighted by molar-refractivity contribution is 5.95. The fraction of sp³-hybridized carbons (Fsp3) is 0.571. The van der Waals surface area contributed by atoms with Crippen LogP contribution in [-0.4, -0.2) is 47.9 Å². The predicted molar refractivity (Wildman–Crippen MR) is 76.8 cm³/mol. The molecule has 19 heavy (non-hydrogen) atoms. The number of nitrogens with zero attached hydrogens (tertiary/aromatic N) is 3. The molecule has 1 aromatic rings. The number of nitrogen functional groups attached to an aromatic ring is 1. The number of piperazine rings is 1. The van der Waals surface area contributed by atoms with E-state index in [0.29, 0.717) is 0 Å². The zero-order valence-corrected chi connectivity index (χ0v) is 11.4. The highest BCUT2D eigenvalue weighted by Crippen LogP contribution is 2.28. The first-order valence-electron chi connectivity index (χ1n) is 6.95.